The lowest BCUT2D eigenvalue weighted by atomic mass is 10.1. The fourth-order valence-corrected chi connectivity index (χ4v) is 3.69. The number of rotatable bonds is 4. The first-order valence-corrected chi connectivity index (χ1v) is 9.21. The van der Waals surface area contributed by atoms with Gasteiger partial charge in [-0.25, -0.2) is 9.67 Å². The Labute approximate surface area is 159 Å². The summed E-state index contributed by atoms with van der Waals surface area (Å²) in [4.78, 5) is 28.9. The Morgan fingerprint density at radius 1 is 1.11 bits per heavy atom. The molecule has 0 aliphatic rings. The van der Waals surface area contributed by atoms with Crippen LogP contribution in [0.15, 0.2) is 65.5 Å². The van der Waals surface area contributed by atoms with Crippen LogP contribution in [0.4, 0.5) is 5.13 Å². The van der Waals surface area contributed by atoms with Crippen LogP contribution >= 0.6 is 11.3 Å². The number of hydrogen-bond acceptors (Lipinski definition) is 5. The molecule has 0 saturated heterocycles. The predicted molar refractivity (Wildman–Crippen MR) is 107 cm³/mol. The van der Waals surface area contributed by atoms with Crippen LogP contribution in [0.2, 0.25) is 0 Å². The third-order valence-electron chi connectivity index (χ3n) is 4.02. The summed E-state index contributed by atoms with van der Waals surface area (Å²) in [7, 11) is 0. The van der Waals surface area contributed by atoms with Crippen LogP contribution in [-0.2, 0) is 11.3 Å². The molecule has 0 spiro atoms. The van der Waals surface area contributed by atoms with Crippen LogP contribution < -0.4 is 10.9 Å². The van der Waals surface area contributed by atoms with Gasteiger partial charge in [-0.05, 0) is 30.7 Å². The Balaban J connectivity index is 1.54. The number of aryl methyl sites for hydroxylation is 1. The molecule has 4 rings (SSSR count). The summed E-state index contributed by atoms with van der Waals surface area (Å²) in [6.45, 7) is 1.84. The third-order valence-corrected chi connectivity index (χ3v) is 4.95. The van der Waals surface area contributed by atoms with Crippen molar-refractivity contribution in [2.75, 3.05) is 5.32 Å². The lowest BCUT2D eigenvalue weighted by Crippen LogP contribution is -2.29. The summed E-state index contributed by atoms with van der Waals surface area (Å²) in [5, 5.41) is 7.57. The number of benzene rings is 2. The highest BCUT2D eigenvalue weighted by molar-refractivity contribution is 7.22. The SMILES string of the molecule is Cc1ccc2nc(NC(=O)Cn3nc(-c4ccccc4)ccc3=O)sc2c1. The van der Waals surface area contributed by atoms with E-state index in [2.05, 4.69) is 15.4 Å². The van der Waals surface area contributed by atoms with Crippen LogP contribution in [0.1, 0.15) is 5.56 Å². The molecular weight excluding hydrogens is 360 g/mol. The number of fused-ring (bicyclic) bond motifs is 1. The fraction of sp³-hybridized carbons (Fsp3) is 0.100. The van der Waals surface area contributed by atoms with Crippen molar-refractivity contribution in [3.05, 3.63) is 76.6 Å². The highest BCUT2D eigenvalue weighted by Crippen LogP contribution is 2.26. The van der Waals surface area contributed by atoms with Crippen molar-refractivity contribution in [3.63, 3.8) is 0 Å². The average molecular weight is 376 g/mol. The van der Waals surface area contributed by atoms with E-state index in [4.69, 9.17) is 0 Å². The molecule has 134 valence electrons. The minimum Gasteiger partial charge on any atom is -0.300 e. The molecule has 2 heterocycles. The van der Waals surface area contributed by atoms with Gasteiger partial charge in [0, 0.05) is 11.6 Å². The van der Waals surface area contributed by atoms with Crippen molar-refractivity contribution < 1.29 is 4.79 Å². The zero-order valence-electron chi connectivity index (χ0n) is 14.5. The maximum Gasteiger partial charge on any atom is 0.267 e. The van der Waals surface area contributed by atoms with E-state index in [0.717, 1.165) is 26.0 Å². The molecule has 27 heavy (non-hydrogen) atoms. The molecule has 2 aromatic carbocycles. The van der Waals surface area contributed by atoms with Crippen LogP contribution in [0.5, 0.6) is 0 Å². The summed E-state index contributed by atoms with van der Waals surface area (Å²) in [5.74, 6) is -0.342. The normalized spacial score (nSPS) is 10.9. The maximum atomic E-state index is 12.4. The summed E-state index contributed by atoms with van der Waals surface area (Å²) in [6.07, 6.45) is 0. The number of amides is 1. The number of hydrogen-bond donors (Lipinski definition) is 1. The molecule has 2 aromatic heterocycles. The second-order valence-electron chi connectivity index (χ2n) is 6.12. The molecule has 0 unspecified atom stereocenters. The molecule has 0 fully saturated rings. The zero-order chi connectivity index (χ0) is 18.8. The number of nitrogens with one attached hydrogen (secondary N) is 1. The van der Waals surface area contributed by atoms with E-state index in [-0.39, 0.29) is 18.0 Å². The van der Waals surface area contributed by atoms with Gasteiger partial charge in [-0.15, -0.1) is 0 Å². The smallest absolute Gasteiger partial charge is 0.267 e. The molecular formula is C20H16N4O2S. The molecule has 0 bridgehead atoms. The number of thiazole rings is 1. The van der Waals surface area contributed by atoms with E-state index in [1.54, 1.807) is 6.07 Å². The molecule has 4 aromatic rings. The largest absolute Gasteiger partial charge is 0.300 e. The Bertz CT molecular complexity index is 1180. The summed E-state index contributed by atoms with van der Waals surface area (Å²) < 4.78 is 2.17. The highest BCUT2D eigenvalue weighted by Gasteiger charge is 2.11. The molecule has 0 aliphatic heterocycles. The summed E-state index contributed by atoms with van der Waals surface area (Å²) >= 11 is 1.40. The molecule has 1 N–H and O–H groups in total. The molecule has 0 saturated carbocycles. The molecule has 7 heteroatoms. The van der Waals surface area contributed by atoms with Gasteiger partial charge >= 0.3 is 0 Å². The van der Waals surface area contributed by atoms with Crippen LogP contribution in [0.25, 0.3) is 21.5 Å². The molecule has 0 aliphatic carbocycles. The maximum absolute atomic E-state index is 12.4. The van der Waals surface area contributed by atoms with E-state index in [9.17, 15) is 9.59 Å². The van der Waals surface area contributed by atoms with Crippen molar-refractivity contribution in [1.29, 1.82) is 0 Å². The van der Waals surface area contributed by atoms with Gasteiger partial charge in [0.1, 0.15) is 6.54 Å². The van der Waals surface area contributed by atoms with Crippen molar-refractivity contribution in [2.24, 2.45) is 0 Å². The lowest BCUT2D eigenvalue weighted by molar-refractivity contribution is -0.117. The highest BCUT2D eigenvalue weighted by atomic mass is 32.1. The Kier molecular flexibility index (Phi) is 4.52. The van der Waals surface area contributed by atoms with Crippen LogP contribution in [0, 0.1) is 6.92 Å². The Morgan fingerprint density at radius 3 is 2.74 bits per heavy atom. The molecule has 0 atom stereocenters. The topological polar surface area (TPSA) is 76.9 Å². The van der Waals surface area contributed by atoms with Crippen molar-refractivity contribution >= 4 is 32.6 Å². The van der Waals surface area contributed by atoms with Crippen LogP contribution in [-0.4, -0.2) is 20.7 Å². The van der Waals surface area contributed by atoms with E-state index in [0.29, 0.717) is 10.8 Å². The van der Waals surface area contributed by atoms with E-state index >= 15 is 0 Å². The van der Waals surface area contributed by atoms with Gasteiger partial charge in [0.05, 0.1) is 15.9 Å². The zero-order valence-corrected chi connectivity index (χ0v) is 15.4. The summed E-state index contributed by atoms with van der Waals surface area (Å²) in [5.41, 5.74) is 3.16. The van der Waals surface area contributed by atoms with Gasteiger partial charge in [0.15, 0.2) is 5.13 Å². The van der Waals surface area contributed by atoms with Crippen molar-refractivity contribution in [1.82, 2.24) is 14.8 Å². The van der Waals surface area contributed by atoms with Gasteiger partial charge in [-0.2, -0.15) is 5.10 Å². The first-order valence-electron chi connectivity index (χ1n) is 8.39. The lowest BCUT2D eigenvalue weighted by Gasteiger charge is -2.07. The fourth-order valence-electron chi connectivity index (χ4n) is 2.71. The average Bonchev–Trinajstić information content (AvgIpc) is 3.05. The number of nitrogens with zero attached hydrogens (tertiary/aromatic N) is 3. The number of anilines is 1. The van der Waals surface area contributed by atoms with Gasteiger partial charge < -0.3 is 5.32 Å². The van der Waals surface area contributed by atoms with E-state index < -0.39 is 0 Å². The first-order chi connectivity index (χ1) is 13.1. The summed E-state index contributed by atoms with van der Waals surface area (Å²) in [6, 6.07) is 18.5. The van der Waals surface area contributed by atoms with E-state index in [1.165, 1.54) is 17.4 Å². The Hall–Kier alpha value is -3.32. The van der Waals surface area contributed by atoms with Crippen LogP contribution in [0.3, 0.4) is 0 Å². The van der Waals surface area contributed by atoms with Gasteiger partial charge in [-0.1, -0.05) is 47.7 Å². The molecule has 1 amide bonds. The first kappa shape index (κ1) is 17.1. The minimum atomic E-state index is -0.342. The van der Waals surface area contributed by atoms with Gasteiger partial charge in [0.2, 0.25) is 5.91 Å². The molecule has 0 radical (unpaired) electrons. The second kappa shape index (κ2) is 7.13. The predicted octanol–water partition coefficient (Wildman–Crippen LogP) is 3.47. The third kappa shape index (κ3) is 3.78. The monoisotopic (exact) mass is 376 g/mol. The minimum absolute atomic E-state index is 0.172. The Morgan fingerprint density at radius 2 is 1.93 bits per heavy atom. The van der Waals surface area contributed by atoms with Gasteiger partial charge in [-0.3, -0.25) is 9.59 Å². The van der Waals surface area contributed by atoms with Crippen molar-refractivity contribution in [2.45, 2.75) is 13.5 Å². The van der Waals surface area contributed by atoms with Crippen molar-refractivity contribution in [3.8, 4) is 11.3 Å². The quantitative estimate of drug-likeness (QED) is 0.592. The van der Waals surface area contributed by atoms with E-state index in [1.807, 2.05) is 55.5 Å². The number of carbonyl (C=O) groups excluding carboxylic acids is 1. The number of aromatic nitrogens is 3. The number of carbonyl (C=O) groups is 1. The standard InChI is InChI=1S/C20H16N4O2S/c1-13-7-8-16-17(11-13)27-20(21-16)22-18(25)12-24-19(26)10-9-15(23-24)14-5-3-2-4-6-14/h2-11H,12H2,1H3,(H,21,22,25). The van der Waals surface area contributed by atoms with Gasteiger partial charge in [0.25, 0.3) is 5.56 Å². The molecule has 6 nitrogen and oxygen atoms in total. The second-order valence-corrected chi connectivity index (χ2v) is 7.15.